The van der Waals surface area contributed by atoms with E-state index < -0.39 is 0 Å². The van der Waals surface area contributed by atoms with Gasteiger partial charge in [-0.25, -0.2) is 0 Å². The van der Waals surface area contributed by atoms with E-state index in [1.807, 2.05) is 6.20 Å². The summed E-state index contributed by atoms with van der Waals surface area (Å²) in [5.41, 5.74) is 2.46. The third-order valence-electron chi connectivity index (χ3n) is 3.42. The number of fused-ring (bicyclic) bond motifs is 1. The fourth-order valence-electron chi connectivity index (χ4n) is 2.55. The molecule has 94 valence electrons. The molecule has 1 atom stereocenters. The van der Waals surface area contributed by atoms with Crippen LogP contribution in [0.2, 0.25) is 0 Å². The summed E-state index contributed by atoms with van der Waals surface area (Å²) in [5.74, 6) is 2.89. The summed E-state index contributed by atoms with van der Waals surface area (Å²) in [5, 5.41) is 0. The fraction of sp³-hybridized carbons (Fsp3) is 0.667. The van der Waals surface area contributed by atoms with E-state index in [1.165, 1.54) is 11.3 Å². The number of hydrogen-bond donors (Lipinski definition) is 0. The number of aromatic nitrogens is 1. The molecule has 0 fully saturated rings. The number of nitrogens with zero attached hydrogens (tertiary/aromatic N) is 1. The van der Waals surface area contributed by atoms with Crippen molar-refractivity contribution in [2.45, 2.75) is 46.5 Å². The van der Waals surface area contributed by atoms with Crippen molar-refractivity contribution < 1.29 is 4.74 Å². The van der Waals surface area contributed by atoms with Gasteiger partial charge in [0.1, 0.15) is 5.75 Å². The van der Waals surface area contributed by atoms with Gasteiger partial charge in [-0.3, -0.25) is 4.98 Å². The van der Waals surface area contributed by atoms with Crippen LogP contribution < -0.4 is 4.74 Å². The lowest BCUT2D eigenvalue weighted by Gasteiger charge is -2.28. The van der Waals surface area contributed by atoms with Crippen molar-refractivity contribution in [2.24, 2.45) is 11.8 Å². The molecule has 1 aliphatic rings. The van der Waals surface area contributed by atoms with E-state index >= 15 is 0 Å². The highest BCUT2D eigenvalue weighted by atomic mass is 16.5. The van der Waals surface area contributed by atoms with Crippen LogP contribution >= 0.6 is 0 Å². The second-order valence-corrected chi connectivity index (χ2v) is 5.81. The van der Waals surface area contributed by atoms with Crippen molar-refractivity contribution in [1.82, 2.24) is 4.98 Å². The Bertz CT molecular complexity index is 385. The highest BCUT2D eigenvalue weighted by molar-refractivity contribution is 5.35. The maximum atomic E-state index is 5.76. The van der Waals surface area contributed by atoms with Gasteiger partial charge in [0.05, 0.1) is 12.3 Å². The maximum Gasteiger partial charge on any atom is 0.141 e. The van der Waals surface area contributed by atoms with Crippen molar-refractivity contribution in [2.75, 3.05) is 6.61 Å². The normalized spacial score (nSPS) is 19.3. The monoisotopic (exact) mass is 233 g/mol. The summed E-state index contributed by atoms with van der Waals surface area (Å²) < 4.78 is 5.76. The molecule has 1 aliphatic heterocycles. The van der Waals surface area contributed by atoms with Crippen LogP contribution in [0.15, 0.2) is 12.3 Å². The Morgan fingerprint density at radius 1 is 1.35 bits per heavy atom. The second kappa shape index (κ2) is 5.07. The molecule has 2 nitrogen and oxygen atoms in total. The molecular formula is C15H23NO. The Morgan fingerprint density at radius 3 is 2.76 bits per heavy atom. The van der Waals surface area contributed by atoms with Crippen molar-refractivity contribution in [3.05, 3.63) is 23.5 Å². The van der Waals surface area contributed by atoms with Gasteiger partial charge in [0, 0.05) is 12.1 Å². The topological polar surface area (TPSA) is 22.1 Å². The molecule has 1 aromatic rings. The molecule has 2 heteroatoms. The van der Waals surface area contributed by atoms with Gasteiger partial charge in [0.2, 0.25) is 0 Å². The Kier molecular flexibility index (Phi) is 3.70. The first kappa shape index (κ1) is 12.4. The molecule has 2 rings (SSSR count). The Morgan fingerprint density at radius 2 is 2.12 bits per heavy atom. The summed E-state index contributed by atoms with van der Waals surface area (Å²) in [6.45, 7) is 9.84. The largest absolute Gasteiger partial charge is 0.492 e. The first-order valence-corrected chi connectivity index (χ1v) is 6.69. The third-order valence-corrected chi connectivity index (χ3v) is 3.42. The van der Waals surface area contributed by atoms with Gasteiger partial charge in [-0.15, -0.1) is 0 Å². The van der Waals surface area contributed by atoms with Crippen LogP contribution in [0.5, 0.6) is 5.75 Å². The van der Waals surface area contributed by atoms with E-state index in [0.717, 1.165) is 25.2 Å². The van der Waals surface area contributed by atoms with Gasteiger partial charge >= 0.3 is 0 Å². The number of hydrogen-bond acceptors (Lipinski definition) is 2. The SMILES string of the molecule is CC(C)Cc1cnc2c(c1)OCCC2C(C)C. The van der Waals surface area contributed by atoms with Crippen LogP contribution in [0.25, 0.3) is 0 Å². The van der Waals surface area contributed by atoms with E-state index in [0.29, 0.717) is 17.8 Å². The summed E-state index contributed by atoms with van der Waals surface area (Å²) in [6.07, 6.45) is 4.21. The zero-order valence-electron chi connectivity index (χ0n) is 11.4. The van der Waals surface area contributed by atoms with Crippen molar-refractivity contribution in [3.63, 3.8) is 0 Å². The predicted octanol–water partition coefficient (Wildman–Crippen LogP) is 3.80. The molecule has 1 aromatic heterocycles. The van der Waals surface area contributed by atoms with Crippen LogP contribution in [-0.2, 0) is 6.42 Å². The van der Waals surface area contributed by atoms with Crippen molar-refractivity contribution in [1.29, 1.82) is 0 Å². The van der Waals surface area contributed by atoms with Gasteiger partial charge in [0.15, 0.2) is 0 Å². The Labute approximate surface area is 104 Å². The van der Waals surface area contributed by atoms with Gasteiger partial charge in [-0.1, -0.05) is 27.7 Å². The van der Waals surface area contributed by atoms with Gasteiger partial charge in [-0.2, -0.15) is 0 Å². The molecule has 2 heterocycles. The maximum absolute atomic E-state index is 5.76. The lowest BCUT2D eigenvalue weighted by Crippen LogP contribution is -2.20. The quantitative estimate of drug-likeness (QED) is 0.792. The van der Waals surface area contributed by atoms with E-state index in [-0.39, 0.29) is 0 Å². The van der Waals surface area contributed by atoms with Crippen LogP contribution in [-0.4, -0.2) is 11.6 Å². The highest BCUT2D eigenvalue weighted by Crippen LogP contribution is 2.37. The molecule has 0 radical (unpaired) electrons. The van der Waals surface area contributed by atoms with Crippen LogP contribution in [0.1, 0.15) is 51.3 Å². The predicted molar refractivity (Wildman–Crippen MR) is 70.5 cm³/mol. The molecule has 1 unspecified atom stereocenters. The van der Waals surface area contributed by atoms with E-state index in [1.54, 1.807) is 0 Å². The van der Waals surface area contributed by atoms with Gasteiger partial charge in [0.25, 0.3) is 0 Å². The average Bonchev–Trinajstić information content (AvgIpc) is 2.26. The molecule has 0 saturated heterocycles. The van der Waals surface area contributed by atoms with Gasteiger partial charge < -0.3 is 4.74 Å². The average molecular weight is 233 g/mol. The molecule has 0 N–H and O–H groups in total. The number of pyridine rings is 1. The van der Waals surface area contributed by atoms with E-state index in [2.05, 4.69) is 38.7 Å². The number of rotatable bonds is 3. The molecule has 0 aromatic carbocycles. The molecule has 0 amide bonds. The van der Waals surface area contributed by atoms with Gasteiger partial charge in [-0.05, 0) is 36.3 Å². The zero-order chi connectivity index (χ0) is 12.4. The summed E-state index contributed by atoms with van der Waals surface area (Å²) in [6, 6.07) is 2.19. The molecule has 0 aliphatic carbocycles. The molecule has 17 heavy (non-hydrogen) atoms. The minimum Gasteiger partial charge on any atom is -0.492 e. The van der Waals surface area contributed by atoms with Crippen LogP contribution in [0.4, 0.5) is 0 Å². The second-order valence-electron chi connectivity index (χ2n) is 5.81. The third kappa shape index (κ3) is 2.80. The molecular weight excluding hydrogens is 210 g/mol. The first-order chi connectivity index (χ1) is 8.08. The standard InChI is InChI=1S/C15H23NO/c1-10(2)7-12-8-14-15(16-9-12)13(11(3)4)5-6-17-14/h8-11,13H,5-7H2,1-4H3. The van der Waals surface area contributed by atoms with Crippen molar-refractivity contribution >= 4 is 0 Å². The zero-order valence-corrected chi connectivity index (χ0v) is 11.4. The van der Waals surface area contributed by atoms with Crippen LogP contribution in [0, 0.1) is 11.8 Å². The molecule has 0 bridgehead atoms. The summed E-state index contributed by atoms with van der Waals surface area (Å²) in [7, 11) is 0. The summed E-state index contributed by atoms with van der Waals surface area (Å²) in [4.78, 5) is 4.65. The number of ether oxygens (including phenoxy) is 1. The summed E-state index contributed by atoms with van der Waals surface area (Å²) >= 11 is 0. The molecule has 0 spiro atoms. The van der Waals surface area contributed by atoms with E-state index in [9.17, 15) is 0 Å². The highest BCUT2D eigenvalue weighted by Gasteiger charge is 2.25. The lowest BCUT2D eigenvalue weighted by molar-refractivity contribution is 0.242. The molecule has 0 saturated carbocycles. The van der Waals surface area contributed by atoms with Crippen LogP contribution in [0.3, 0.4) is 0 Å². The first-order valence-electron chi connectivity index (χ1n) is 6.69. The fourth-order valence-corrected chi connectivity index (χ4v) is 2.55. The minimum atomic E-state index is 0.562. The lowest BCUT2D eigenvalue weighted by atomic mass is 9.87. The van der Waals surface area contributed by atoms with E-state index in [4.69, 9.17) is 4.74 Å². The minimum absolute atomic E-state index is 0.562. The smallest absolute Gasteiger partial charge is 0.141 e. The van der Waals surface area contributed by atoms with Crippen molar-refractivity contribution in [3.8, 4) is 5.75 Å². The Hall–Kier alpha value is -1.05. The Balaban J connectivity index is 2.26.